The number of carbonyl (C=O) groups is 1. The summed E-state index contributed by atoms with van der Waals surface area (Å²) in [5, 5.41) is 5.07. The molecule has 1 saturated carbocycles. The number of carbonyl (C=O) groups excluding carboxylic acids is 1. The molecule has 1 aliphatic heterocycles. The lowest BCUT2D eigenvalue weighted by Gasteiger charge is -2.41. The highest BCUT2D eigenvalue weighted by Crippen LogP contribution is 2.43. The third kappa shape index (κ3) is 2.45. The molecule has 1 unspecified atom stereocenters. The molecule has 0 radical (unpaired) electrons. The van der Waals surface area contributed by atoms with Gasteiger partial charge in [-0.2, -0.15) is 13.2 Å². The Bertz CT molecular complexity index is 342. The second-order valence-corrected chi connectivity index (χ2v) is 5.43. The molecule has 0 spiro atoms. The van der Waals surface area contributed by atoms with E-state index in [2.05, 4.69) is 10.6 Å². The fourth-order valence-electron chi connectivity index (χ4n) is 2.69. The van der Waals surface area contributed by atoms with Gasteiger partial charge < -0.3 is 15.4 Å². The summed E-state index contributed by atoms with van der Waals surface area (Å²) in [5.41, 5.74) is -2.75. The molecule has 0 aromatic carbocycles. The monoisotopic (exact) mass is 280 g/mol. The van der Waals surface area contributed by atoms with Gasteiger partial charge in [-0.1, -0.05) is 0 Å². The minimum Gasteiger partial charge on any atom is -0.376 e. The number of halogens is 3. The van der Waals surface area contributed by atoms with E-state index in [1.54, 1.807) is 0 Å². The number of ether oxygens (including phenoxy) is 1. The normalized spacial score (nSPS) is 29.9. The molecule has 110 valence electrons. The van der Waals surface area contributed by atoms with Crippen LogP contribution in [0.2, 0.25) is 0 Å². The van der Waals surface area contributed by atoms with Gasteiger partial charge >= 0.3 is 6.18 Å². The summed E-state index contributed by atoms with van der Waals surface area (Å²) in [6, 6.07) is 0. The molecule has 2 fully saturated rings. The van der Waals surface area contributed by atoms with Crippen molar-refractivity contribution in [3.05, 3.63) is 0 Å². The smallest absolute Gasteiger partial charge is 0.376 e. The maximum atomic E-state index is 13.1. The highest BCUT2D eigenvalue weighted by Gasteiger charge is 2.61. The Hall–Kier alpha value is -0.820. The predicted molar refractivity (Wildman–Crippen MR) is 62.6 cm³/mol. The maximum absolute atomic E-state index is 13.1. The van der Waals surface area contributed by atoms with Crippen LogP contribution < -0.4 is 10.6 Å². The first-order valence-corrected chi connectivity index (χ1v) is 6.46. The molecule has 1 amide bonds. The van der Waals surface area contributed by atoms with Crippen molar-refractivity contribution < 1.29 is 22.7 Å². The van der Waals surface area contributed by atoms with Crippen LogP contribution in [0.5, 0.6) is 0 Å². The second-order valence-electron chi connectivity index (χ2n) is 5.43. The van der Waals surface area contributed by atoms with Crippen LogP contribution >= 0.6 is 0 Å². The van der Waals surface area contributed by atoms with Gasteiger partial charge in [-0.05, 0) is 32.2 Å². The molecule has 0 aromatic rings. The van der Waals surface area contributed by atoms with Gasteiger partial charge in [0.2, 0.25) is 5.91 Å². The molecule has 2 N–H and O–H groups in total. The largest absolute Gasteiger partial charge is 0.404 e. The first-order valence-electron chi connectivity index (χ1n) is 6.46. The molecule has 1 atom stereocenters. The Morgan fingerprint density at radius 2 is 2.05 bits per heavy atom. The third-order valence-electron chi connectivity index (χ3n) is 4.40. The SMILES string of the molecule is COC1(CNC(=O)C2(C(F)(F)F)CCNC2)CCC1. The van der Waals surface area contributed by atoms with Gasteiger partial charge in [-0.25, -0.2) is 0 Å². The number of alkyl halides is 3. The molecular formula is C12H19F3N2O2. The third-order valence-corrected chi connectivity index (χ3v) is 4.40. The zero-order valence-electron chi connectivity index (χ0n) is 10.9. The van der Waals surface area contributed by atoms with Crippen molar-refractivity contribution in [2.75, 3.05) is 26.7 Å². The molecule has 1 saturated heterocycles. The van der Waals surface area contributed by atoms with Crippen LogP contribution in [0.25, 0.3) is 0 Å². The molecule has 19 heavy (non-hydrogen) atoms. The average molecular weight is 280 g/mol. The van der Waals surface area contributed by atoms with Crippen molar-refractivity contribution in [3.63, 3.8) is 0 Å². The topological polar surface area (TPSA) is 50.4 Å². The van der Waals surface area contributed by atoms with Crippen LogP contribution in [0.15, 0.2) is 0 Å². The zero-order chi connectivity index (χ0) is 14.1. The molecule has 7 heteroatoms. The van der Waals surface area contributed by atoms with E-state index in [4.69, 9.17) is 4.74 Å². The molecular weight excluding hydrogens is 261 g/mol. The van der Waals surface area contributed by atoms with E-state index in [9.17, 15) is 18.0 Å². The molecule has 1 heterocycles. The van der Waals surface area contributed by atoms with Crippen molar-refractivity contribution in [2.45, 2.75) is 37.5 Å². The number of hydrogen-bond donors (Lipinski definition) is 2. The Balaban J connectivity index is 2.01. The number of rotatable bonds is 4. The van der Waals surface area contributed by atoms with Crippen molar-refractivity contribution in [1.82, 2.24) is 10.6 Å². The van der Waals surface area contributed by atoms with Gasteiger partial charge in [0.15, 0.2) is 5.41 Å². The number of nitrogens with one attached hydrogen (secondary N) is 2. The van der Waals surface area contributed by atoms with Gasteiger partial charge in [-0.15, -0.1) is 0 Å². The Morgan fingerprint density at radius 1 is 1.37 bits per heavy atom. The summed E-state index contributed by atoms with van der Waals surface area (Å²) < 4.78 is 44.7. The first kappa shape index (κ1) is 14.6. The predicted octanol–water partition coefficient (Wildman–Crippen LogP) is 1.21. The summed E-state index contributed by atoms with van der Waals surface area (Å²) in [6.07, 6.45) is -2.19. The standard InChI is InChI=1S/C12H19F3N2O2/c1-19-10(3-2-4-10)7-17-9(18)11(12(13,14)15)5-6-16-8-11/h16H,2-8H2,1H3,(H,17,18). The molecule has 2 aliphatic rings. The van der Waals surface area contributed by atoms with Crippen molar-refractivity contribution in [2.24, 2.45) is 5.41 Å². The Labute approximate surface area is 110 Å². The lowest BCUT2D eigenvalue weighted by atomic mass is 9.79. The highest BCUT2D eigenvalue weighted by molar-refractivity contribution is 5.84. The summed E-state index contributed by atoms with van der Waals surface area (Å²) in [6.45, 7) is 0.0187. The van der Waals surface area contributed by atoms with Crippen LogP contribution in [-0.2, 0) is 9.53 Å². The molecule has 0 bridgehead atoms. The summed E-state index contributed by atoms with van der Waals surface area (Å²) >= 11 is 0. The van der Waals surface area contributed by atoms with Crippen LogP contribution in [0, 0.1) is 5.41 Å². The average Bonchev–Trinajstić information content (AvgIpc) is 2.77. The van der Waals surface area contributed by atoms with E-state index in [0.717, 1.165) is 19.3 Å². The van der Waals surface area contributed by atoms with Crippen LogP contribution in [0.3, 0.4) is 0 Å². The molecule has 1 aliphatic carbocycles. The van der Waals surface area contributed by atoms with Crippen LogP contribution in [-0.4, -0.2) is 44.4 Å². The lowest BCUT2D eigenvalue weighted by molar-refractivity contribution is -0.216. The van der Waals surface area contributed by atoms with E-state index in [1.165, 1.54) is 7.11 Å². The quantitative estimate of drug-likeness (QED) is 0.814. The van der Waals surface area contributed by atoms with E-state index in [0.29, 0.717) is 0 Å². The lowest BCUT2D eigenvalue weighted by Crippen LogP contribution is -2.56. The maximum Gasteiger partial charge on any atom is 0.404 e. The first-order chi connectivity index (χ1) is 8.85. The number of hydrogen-bond acceptors (Lipinski definition) is 3. The van der Waals surface area contributed by atoms with Crippen molar-refractivity contribution in [1.29, 1.82) is 0 Å². The van der Waals surface area contributed by atoms with Crippen molar-refractivity contribution >= 4 is 5.91 Å². The van der Waals surface area contributed by atoms with Crippen molar-refractivity contribution in [3.8, 4) is 0 Å². The molecule has 4 nitrogen and oxygen atoms in total. The van der Waals surface area contributed by atoms with Crippen LogP contribution in [0.1, 0.15) is 25.7 Å². The Kier molecular flexibility index (Phi) is 3.79. The Morgan fingerprint density at radius 3 is 2.42 bits per heavy atom. The van der Waals surface area contributed by atoms with Gasteiger partial charge in [0.05, 0.1) is 5.60 Å². The minimum absolute atomic E-state index is 0.153. The summed E-state index contributed by atoms with van der Waals surface area (Å²) in [7, 11) is 1.53. The van der Waals surface area contributed by atoms with E-state index in [-0.39, 0.29) is 26.1 Å². The van der Waals surface area contributed by atoms with E-state index >= 15 is 0 Å². The second kappa shape index (κ2) is 4.94. The molecule has 0 aromatic heterocycles. The van der Waals surface area contributed by atoms with Gasteiger partial charge in [-0.3, -0.25) is 4.79 Å². The minimum atomic E-state index is -4.53. The number of amides is 1. The van der Waals surface area contributed by atoms with Gasteiger partial charge in [0.25, 0.3) is 0 Å². The number of methoxy groups -OCH3 is 1. The highest BCUT2D eigenvalue weighted by atomic mass is 19.4. The van der Waals surface area contributed by atoms with E-state index in [1.807, 2.05) is 0 Å². The van der Waals surface area contributed by atoms with Gasteiger partial charge in [0.1, 0.15) is 0 Å². The zero-order valence-corrected chi connectivity index (χ0v) is 10.9. The van der Waals surface area contributed by atoms with E-state index < -0.39 is 23.1 Å². The van der Waals surface area contributed by atoms with Crippen LogP contribution in [0.4, 0.5) is 13.2 Å². The van der Waals surface area contributed by atoms with Gasteiger partial charge in [0, 0.05) is 20.2 Å². The fourth-order valence-corrected chi connectivity index (χ4v) is 2.69. The fraction of sp³-hybridized carbons (Fsp3) is 0.917. The summed E-state index contributed by atoms with van der Waals surface area (Å²) in [5.74, 6) is -0.937. The molecule has 2 rings (SSSR count). The summed E-state index contributed by atoms with van der Waals surface area (Å²) in [4.78, 5) is 12.0.